The lowest BCUT2D eigenvalue weighted by atomic mass is 9.88. The number of carbonyl (C=O) groups is 1. The first kappa shape index (κ1) is 22.3. The van der Waals surface area contributed by atoms with E-state index in [1.807, 2.05) is 19.1 Å². The standard InChI is InChI=1S/C25H28N2O4S/c1-19-11-13-22(14-12-19)32(29,30)27(18-21-8-5-17-31-21)16-15-25(28)26-24-10-4-7-20-6-2-3-9-23(20)24/h2-3,5-6,8-9,11-14,17,24H,4,7,10,15-16,18H2,1H3,(H,26,28). The number of carbonyl (C=O) groups excluding carboxylic acids is 1. The minimum Gasteiger partial charge on any atom is -0.468 e. The maximum atomic E-state index is 13.3. The summed E-state index contributed by atoms with van der Waals surface area (Å²) in [5, 5.41) is 3.10. The van der Waals surface area contributed by atoms with E-state index in [2.05, 4.69) is 17.4 Å². The largest absolute Gasteiger partial charge is 0.468 e. The molecule has 3 aromatic rings. The lowest BCUT2D eigenvalue weighted by Crippen LogP contribution is -2.36. The second kappa shape index (κ2) is 9.71. The molecule has 1 amide bonds. The molecule has 0 fully saturated rings. The van der Waals surface area contributed by atoms with Crippen molar-refractivity contribution in [2.75, 3.05) is 6.54 Å². The fourth-order valence-corrected chi connectivity index (χ4v) is 5.52. The highest BCUT2D eigenvalue weighted by atomic mass is 32.2. The van der Waals surface area contributed by atoms with Gasteiger partial charge in [-0.25, -0.2) is 8.42 Å². The summed E-state index contributed by atoms with van der Waals surface area (Å²) in [6, 6.07) is 18.3. The highest BCUT2D eigenvalue weighted by Gasteiger charge is 2.27. The van der Waals surface area contributed by atoms with E-state index in [-0.39, 0.29) is 36.4 Å². The molecule has 0 aliphatic heterocycles. The fraction of sp³-hybridized carbons (Fsp3) is 0.320. The van der Waals surface area contributed by atoms with E-state index >= 15 is 0 Å². The van der Waals surface area contributed by atoms with Gasteiger partial charge in [0.1, 0.15) is 5.76 Å². The van der Waals surface area contributed by atoms with Gasteiger partial charge in [-0.15, -0.1) is 0 Å². The molecule has 6 nitrogen and oxygen atoms in total. The maximum Gasteiger partial charge on any atom is 0.243 e. The molecule has 1 aliphatic carbocycles. The Bertz CT molecular complexity index is 1150. The molecule has 0 saturated carbocycles. The van der Waals surface area contributed by atoms with Crippen LogP contribution in [0.15, 0.2) is 76.2 Å². The van der Waals surface area contributed by atoms with Gasteiger partial charge >= 0.3 is 0 Å². The third-order valence-corrected chi connectivity index (χ3v) is 7.72. The molecule has 0 bridgehead atoms. The highest BCUT2D eigenvalue weighted by molar-refractivity contribution is 7.89. The van der Waals surface area contributed by atoms with Crippen molar-refractivity contribution in [3.05, 3.63) is 89.4 Å². The third-order valence-electron chi connectivity index (χ3n) is 5.86. The van der Waals surface area contributed by atoms with Crippen molar-refractivity contribution in [3.63, 3.8) is 0 Å². The van der Waals surface area contributed by atoms with E-state index in [1.165, 1.54) is 16.1 Å². The van der Waals surface area contributed by atoms with Gasteiger partial charge in [0, 0.05) is 13.0 Å². The predicted molar refractivity (Wildman–Crippen MR) is 122 cm³/mol. The zero-order valence-corrected chi connectivity index (χ0v) is 19.0. The van der Waals surface area contributed by atoms with E-state index in [4.69, 9.17) is 4.42 Å². The van der Waals surface area contributed by atoms with E-state index in [9.17, 15) is 13.2 Å². The quantitative estimate of drug-likeness (QED) is 0.551. The number of nitrogens with one attached hydrogen (secondary N) is 1. The van der Waals surface area contributed by atoms with Crippen LogP contribution in [0.1, 0.15) is 47.8 Å². The van der Waals surface area contributed by atoms with E-state index in [1.54, 1.807) is 36.4 Å². The number of amides is 1. The molecule has 0 spiro atoms. The zero-order chi connectivity index (χ0) is 22.6. The first-order valence-electron chi connectivity index (χ1n) is 10.9. The van der Waals surface area contributed by atoms with Crippen LogP contribution in [0.5, 0.6) is 0 Å². The Labute approximate surface area is 189 Å². The van der Waals surface area contributed by atoms with Crippen LogP contribution >= 0.6 is 0 Å². The fourth-order valence-electron chi connectivity index (χ4n) is 4.12. The summed E-state index contributed by atoms with van der Waals surface area (Å²) in [5.74, 6) is 0.373. The second-order valence-electron chi connectivity index (χ2n) is 8.19. The average molecular weight is 453 g/mol. The van der Waals surface area contributed by atoms with E-state index < -0.39 is 10.0 Å². The summed E-state index contributed by atoms with van der Waals surface area (Å²) in [4.78, 5) is 13.0. The summed E-state index contributed by atoms with van der Waals surface area (Å²) in [5.41, 5.74) is 3.41. The molecule has 0 saturated heterocycles. The van der Waals surface area contributed by atoms with Gasteiger partial charge in [0.15, 0.2) is 0 Å². The first-order valence-corrected chi connectivity index (χ1v) is 12.3. The van der Waals surface area contributed by atoms with Crippen molar-refractivity contribution in [2.45, 2.75) is 50.1 Å². The Hall–Kier alpha value is -2.90. The smallest absolute Gasteiger partial charge is 0.243 e. The number of benzene rings is 2. The predicted octanol–water partition coefficient (Wildman–Crippen LogP) is 4.36. The van der Waals surface area contributed by atoms with E-state index in [0.29, 0.717) is 5.76 Å². The SMILES string of the molecule is Cc1ccc(S(=O)(=O)N(CCC(=O)NC2CCCc3ccccc32)Cc2ccco2)cc1. The van der Waals surface area contributed by atoms with Gasteiger partial charge < -0.3 is 9.73 Å². The average Bonchev–Trinajstić information content (AvgIpc) is 3.30. The number of hydrogen-bond acceptors (Lipinski definition) is 4. The molecule has 4 rings (SSSR count). The van der Waals surface area contributed by atoms with Crippen LogP contribution in [0.3, 0.4) is 0 Å². The molecule has 32 heavy (non-hydrogen) atoms. The number of nitrogens with zero attached hydrogens (tertiary/aromatic N) is 1. The number of sulfonamides is 1. The molecule has 1 atom stereocenters. The van der Waals surface area contributed by atoms with Gasteiger partial charge in [0.2, 0.25) is 15.9 Å². The summed E-state index contributed by atoms with van der Waals surface area (Å²) < 4.78 is 33.3. The van der Waals surface area contributed by atoms with Gasteiger partial charge in [0.05, 0.1) is 23.7 Å². The first-order chi connectivity index (χ1) is 15.4. The summed E-state index contributed by atoms with van der Waals surface area (Å²) in [6.07, 6.45) is 4.52. The minimum atomic E-state index is -3.78. The monoisotopic (exact) mass is 452 g/mol. The summed E-state index contributed by atoms with van der Waals surface area (Å²) in [6.45, 7) is 2.05. The Balaban J connectivity index is 1.47. The van der Waals surface area contributed by atoms with Crippen molar-refractivity contribution < 1.29 is 17.6 Å². The van der Waals surface area contributed by atoms with Crippen LogP contribution < -0.4 is 5.32 Å². The molecule has 7 heteroatoms. The van der Waals surface area contributed by atoms with Crippen LogP contribution in [-0.2, 0) is 27.8 Å². The lowest BCUT2D eigenvalue weighted by molar-refractivity contribution is -0.122. The zero-order valence-electron chi connectivity index (χ0n) is 18.2. The molecule has 1 unspecified atom stereocenters. The Morgan fingerprint density at radius 3 is 2.62 bits per heavy atom. The van der Waals surface area contributed by atoms with Gasteiger partial charge in [-0.2, -0.15) is 4.31 Å². The Morgan fingerprint density at radius 1 is 1.09 bits per heavy atom. The molecule has 0 radical (unpaired) electrons. The van der Waals surface area contributed by atoms with Crippen molar-refractivity contribution in [1.82, 2.24) is 9.62 Å². The van der Waals surface area contributed by atoms with Crippen LogP contribution in [0.25, 0.3) is 0 Å². The van der Waals surface area contributed by atoms with Crippen molar-refractivity contribution in [3.8, 4) is 0 Å². The maximum absolute atomic E-state index is 13.3. The number of rotatable bonds is 8. The normalized spacial score (nSPS) is 16.0. The van der Waals surface area contributed by atoms with Gasteiger partial charge in [-0.3, -0.25) is 4.79 Å². The Kier molecular flexibility index (Phi) is 6.77. The van der Waals surface area contributed by atoms with Crippen LogP contribution in [0.4, 0.5) is 0 Å². The van der Waals surface area contributed by atoms with Gasteiger partial charge in [-0.1, -0.05) is 42.0 Å². The second-order valence-corrected chi connectivity index (χ2v) is 10.1. The number of fused-ring (bicyclic) bond motifs is 1. The molecule has 1 aliphatic rings. The molecule has 1 N–H and O–H groups in total. The molecular weight excluding hydrogens is 424 g/mol. The summed E-state index contributed by atoms with van der Waals surface area (Å²) >= 11 is 0. The molecule has 1 heterocycles. The van der Waals surface area contributed by atoms with Gasteiger partial charge in [0.25, 0.3) is 0 Å². The molecule has 2 aromatic carbocycles. The molecule has 1 aromatic heterocycles. The van der Waals surface area contributed by atoms with Crippen molar-refractivity contribution in [2.24, 2.45) is 0 Å². The van der Waals surface area contributed by atoms with Crippen LogP contribution in [-0.4, -0.2) is 25.2 Å². The number of hydrogen-bond donors (Lipinski definition) is 1. The van der Waals surface area contributed by atoms with Crippen molar-refractivity contribution >= 4 is 15.9 Å². The molecule has 168 valence electrons. The Morgan fingerprint density at radius 2 is 1.88 bits per heavy atom. The van der Waals surface area contributed by atoms with Crippen LogP contribution in [0, 0.1) is 6.92 Å². The molecular formula is C25H28N2O4S. The van der Waals surface area contributed by atoms with Gasteiger partial charge in [-0.05, 0) is 61.6 Å². The van der Waals surface area contributed by atoms with Crippen molar-refractivity contribution in [1.29, 1.82) is 0 Å². The van der Waals surface area contributed by atoms with E-state index in [0.717, 1.165) is 30.4 Å². The topological polar surface area (TPSA) is 79.6 Å². The third kappa shape index (κ3) is 5.11. The summed E-state index contributed by atoms with van der Waals surface area (Å²) in [7, 11) is -3.78. The number of furan rings is 1. The lowest BCUT2D eigenvalue weighted by Gasteiger charge is -2.27. The minimum absolute atomic E-state index is 0.0281. The number of aryl methyl sites for hydroxylation is 2. The highest BCUT2D eigenvalue weighted by Crippen LogP contribution is 2.29. The van der Waals surface area contributed by atoms with Crippen LogP contribution in [0.2, 0.25) is 0 Å².